The van der Waals surface area contributed by atoms with E-state index in [0.29, 0.717) is 5.75 Å². The number of ether oxygens (including phenoxy) is 1. The van der Waals surface area contributed by atoms with Crippen molar-refractivity contribution in [1.82, 2.24) is 20.6 Å². The Morgan fingerprint density at radius 1 is 1.08 bits per heavy atom. The molecule has 2 aromatic rings. The number of rotatable bonds is 5. The van der Waals surface area contributed by atoms with Crippen LogP contribution in [0.1, 0.15) is 22.5 Å². The number of para-hydroxylation sites is 1. The number of nitrogens with one attached hydrogen (secondary N) is 2. The fraction of sp³-hybridized carbons (Fsp3) is 0.353. The Kier molecular flexibility index (Phi) is 5.57. The summed E-state index contributed by atoms with van der Waals surface area (Å²) >= 11 is 0. The maximum absolute atomic E-state index is 11.8. The molecule has 1 heterocycles. The third-order valence-electron chi connectivity index (χ3n) is 3.49. The molecule has 2 rings (SSSR count). The summed E-state index contributed by atoms with van der Waals surface area (Å²) in [6.07, 6.45) is 0. The third-order valence-corrected chi connectivity index (χ3v) is 3.49. The molecule has 0 spiro atoms. The number of benzene rings is 1. The van der Waals surface area contributed by atoms with Crippen LogP contribution in [0.15, 0.2) is 24.3 Å². The largest absolute Gasteiger partial charge is 0.483 e. The number of hydrogen-bond donors (Lipinski definition) is 2. The van der Waals surface area contributed by atoms with Crippen molar-refractivity contribution in [3.8, 4) is 5.75 Å². The lowest BCUT2D eigenvalue weighted by molar-refractivity contribution is -0.130. The van der Waals surface area contributed by atoms with Gasteiger partial charge in [-0.25, -0.2) is 0 Å². The Hall–Kier alpha value is -2.83. The molecule has 0 saturated heterocycles. The Bertz CT molecular complexity index is 732. The molecule has 0 fully saturated rings. The molecule has 0 radical (unpaired) electrons. The fourth-order valence-corrected chi connectivity index (χ4v) is 2.35. The van der Waals surface area contributed by atoms with Crippen LogP contribution < -0.4 is 15.6 Å². The van der Waals surface area contributed by atoms with E-state index in [1.165, 1.54) is 0 Å². The Labute approximate surface area is 141 Å². The minimum absolute atomic E-state index is 0.0394. The summed E-state index contributed by atoms with van der Waals surface area (Å²) in [6.45, 7) is 7.41. The molecule has 0 atom stereocenters. The van der Waals surface area contributed by atoms with Crippen LogP contribution >= 0.6 is 0 Å². The quantitative estimate of drug-likeness (QED) is 0.810. The standard InChI is InChI=1S/C17H22N4O3/c1-11-6-5-7-12(2)17(11)24-10-16(23)19-18-15(22)9-21-14(4)8-13(3)20-21/h5-8H,9-10H2,1-4H3,(H,18,22)(H,19,23). The summed E-state index contributed by atoms with van der Waals surface area (Å²) in [4.78, 5) is 23.6. The number of carbonyl (C=O) groups is 2. The summed E-state index contributed by atoms with van der Waals surface area (Å²) < 4.78 is 7.09. The highest BCUT2D eigenvalue weighted by molar-refractivity contribution is 5.82. The maximum Gasteiger partial charge on any atom is 0.276 e. The Morgan fingerprint density at radius 2 is 1.71 bits per heavy atom. The van der Waals surface area contributed by atoms with Gasteiger partial charge in [-0.05, 0) is 44.9 Å². The summed E-state index contributed by atoms with van der Waals surface area (Å²) in [5, 5.41) is 4.19. The van der Waals surface area contributed by atoms with Gasteiger partial charge in [0.1, 0.15) is 12.3 Å². The van der Waals surface area contributed by atoms with Crippen molar-refractivity contribution in [2.75, 3.05) is 6.61 Å². The van der Waals surface area contributed by atoms with Crippen LogP contribution in [0.25, 0.3) is 0 Å². The molecule has 0 aliphatic rings. The zero-order chi connectivity index (χ0) is 17.7. The molecular weight excluding hydrogens is 308 g/mol. The average molecular weight is 330 g/mol. The van der Waals surface area contributed by atoms with E-state index in [1.807, 2.05) is 52.0 Å². The fourth-order valence-electron chi connectivity index (χ4n) is 2.35. The van der Waals surface area contributed by atoms with Gasteiger partial charge in [0.2, 0.25) is 0 Å². The van der Waals surface area contributed by atoms with E-state index < -0.39 is 5.91 Å². The predicted octanol–water partition coefficient (Wildman–Crippen LogP) is 1.34. The summed E-state index contributed by atoms with van der Waals surface area (Å²) in [7, 11) is 0. The zero-order valence-electron chi connectivity index (χ0n) is 14.3. The van der Waals surface area contributed by atoms with Gasteiger partial charge in [-0.3, -0.25) is 25.1 Å². The van der Waals surface area contributed by atoms with Gasteiger partial charge in [0.15, 0.2) is 6.61 Å². The van der Waals surface area contributed by atoms with Gasteiger partial charge >= 0.3 is 0 Å². The van der Waals surface area contributed by atoms with Crippen LogP contribution in [0.3, 0.4) is 0 Å². The first-order valence-electron chi connectivity index (χ1n) is 7.64. The van der Waals surface area contributed by atoms with E-state index in [1.54, 1.807) is 4.68 Å². The third kappa shape index (κ3) is 4.58. The van der Waals surface area contributed by atoms with E-state index in [2.05, 4.69) is 16.0 Å². The van der Waals surface area contributed by atoms with Crippen molar-refractivity contribution in [3.05, 3.63) is 46.8 Å². The predicted molar refractivity (Wildman–Crippen MR) is 89.4 cm³/mol. The molecule has 0 aliphatic carbocycles. The zero-order valence-corrected chi connectivity index (χ0v) is 14.3. The molecule has 2 amide bonds. The van der Waals surface area contributed by atoms with Crippen molar-refractivity contribution in [2.24, 2.45) is 0 Å². The second-order valence-corrected chi connectivity index (χ2v) is 5.69. The number of amides is 2. The molecule has 0 bridgehead atoms. The minimum atomic E-state index is -0.431. The molecule has 1 aromatic carbocycles. The number of carbonyl (C=O) groups excluding carboxylic acids is 2. The van der Waals surface area contributed by atoms with Crippen molar-refractivity contribution in [1.29, 1.82) is 0 Å². The summed E-state index contributed by atoms with van der Waals surface area (Å²) in [5.74, 6) is -0.109. The van der Waals surface area contributed by atoms with Crippen molar-refractivity contribution in [2.45, 2.75) is 34.2 Å². The first-order chi connectivity index (χ1) is 11.4. The van der Waals surface area contributed by atoms with Gasteiger partial charge in [0, 0.05) is 5.69 Å². The van der Waals surface area contributed by atoms with Gasteiger partial charge < -0.3 is 4.74 Å². The lowest BCUT2D eigenvalue weighted by Crippen LogP contribution is -2.45. The molecule has 2 N–H and O–H groups in total. The van der Waals surface area contributed by atoms with Crippen molar-refractivity contribution >= 4 is 11.8 Å². The molecule has 7 heteroatoms. The lowest BCUT2D eigenvalue weighted by atomic mass is 10.1. The first kappa shape index (κ1) is 17.5. The highest BCUT2D eigenvalue weighted by atomic mass is 16.5. The molecule has 128 valence electrons. The Morgan fingerprint density at radius 3 is 2.29 bits per heavy atom. The van der Waals surface area contributed by atoms with Crippen LogP contribution in [-0.4, -0.2) is 28.2 Å². The van der Waals surface area contributed by atoms with Gasteiger partial charge in [-0.1, -0.05) is 18.2 Å². The average Bonchev–Trinajstić information content (AvgIpc) is 2.82. The van der Waals surface area contributed by atoms with Gasteiger partial charge in [0.05, 0.1) is 5.69 Å². The number of nitrogens with zero attached hydrogens (tertiary/aromatic N) is 2. The second-order valence-electron chi connectivity index (χ2n) is 5.69. The van der Waals surface area contributed by atoms with Crippen LogP contribution in [0.5, 0.6) is 5.75 Å². The van der Waals surface area contributed by atoms with Gasteiger partial charge in [-0.15, -0.1) is 0 Å². The first-order valence-corrected chi connectivity index (χ1v) is 7.64. The van der Waals surface area contributed by atoms with E-state index in [4.69, 9.17) is 4.74 Å². The smallest absolute Gasteiger partial charge is 0.276 e. The number of aromatic nitrogens is 2. The molecule has 1 aromatic heterocycles. The topological polar surface area (TPSA) is 85.2 Å². The molecule has 0 saturated carbocycles. The number of hydrazine groups is 1. The molecule has 24 heavy (non-hydrogen) atoms. The van der Waals surface area contributed by atoms with E-state index in [-0.39, 0.29) is 19.1 Å². The van der Waals surface area contributed by atoms with Crippen LogP contribution in [-0.2, 0) is 16.1 Å². The number of hydrogen-bond acceptors (Lipinski definition) is 4. The SMILES string of the molecule is Cc1cc(C)n(CC(=O)NNC(=O)COc2c(C)cccc2C)n1. The van der Waals surface area contributed by atoms with Gasteiger partial charge in [-0.2, -0.15) is 5.10 Å². The Balaban J connectivity index is 1.79. The number of aryl methyl sites for hydroxylation is 4. The molecule has 0 unspecified atom stereocenters. The van der Waals surface area contributed by atoms with Crippen molar-refractivity contribution in [3.63, 3.8) is 0 Å². The van der Waals surface area contributed by atoms with E-state index >= 15 is 0 Å². The normalized spacial score (nSPS) is 10.3. The molecule has 0 aliphatic heterocycles. The van der Waals surface area contributed by atoms with Crippen molar-refractivity contribution < 1.29 is 14.3 Å². The summed E-state index contributed by atoms with van der Waals surface area (Å²) in [5.41, 5.74) is 8.32. The summed E-state index contributed by atoms with van der Waals surface area (Å²) in [6, 6.07) is 7.63. The lowest BCUT2D eigenvalue weighted by Gasteiger charge is -2.12. The van der Waals surface area contributed by atoms with Crippen LogP contribution in [0.2, 0.25) is 0 Å². The van der Waals surface area contributed by atoms with E-state index in [0.717, 1.165) is 22.5 Å². The van der Waals surface area contributed by atoms with Crippen LogP contribution in [0.4, 0.5) is 0 Å². The molecular formula is C17H22N4O3. The highest BCUT2D eigenvalue weighted by Crippen LogP contribution is 2.21. The second kappa shape index (κ2) is 7.63. The van der Waals surface area contributed by atoms with E-state index in [9.17, 15) is 9.59 Å². The van der Waals surface area contributed by atoms with Crippen LogP contribution in [0, 0.1) is 27.7 Å². The molecule has 7 nitrogen and oxygen atoms in total. The maximum atomic E-state index is 11.8. The highest BCUT2D eigenvalue weighted by Gasteiger charge is 2.10. The monoisotopic (exact) mass is 330 g/mol. The van der Waals surface area contributed by atoms with Gasteiger partial charge in [0.25, 0.3) is 11.8 Å². The minimum Gasteiger partial charge on any atom is -0.483 e.